The van der Waals surface area contributed by atoms with Crippen molar-refractivity contribution in [3.63, 3.8) is 0 Å². The maximum atomic E-state index is 13.7. The van der Waals surface area contributed by atoms with E-state index in [-0.39, 0.29) is 17.1 Å². The van der Waals surface area contributed by atoms with E-state index in [1.165, 1.54) is 18.2 Å². The number of ether oxygens (including phenoxy) is 1. The number of aldehydes is 1. The van der Waals surface area contributed by atoms with Crippen molar-refractivity contribution in [2.24, 2.45) is 0 Å². The lowest BCUT2D eigenvalue weighted by atomic mass is 10.0. The summed E-state index contributed by atoms with van der Waals surface area (Å²) in [5.41, 5.74) is 1.44. The molecule has 2 aromatic rings. The molecule has 0 unspecified atom stereocenters. The number of halogens is 1. The Kier molecular flexibility index (Phi) is 3.80. The van der Waals surface area contributed by atoms with Crippen LogP contribution >= 0.6 is 0 Å². The van der Waals surface area contributed by atoms with Gasteiger partial charge in [-0.15, -0.1) is 0 Å². The zero-order valence-electron chi connectivity index (χ0n) is 10.4. The van der Waals surface area contributed by atoms with Crippen molar-refractivity contribution >= 4 is 6.29 Å². The largest absolute Gasteiger partial charge is 0.507 e. The summed E-state index contributed by atoms with van der Waals surface area (Å²) in [4.78, 5) is 10.8. The minimum atomic E-state index is -0.458. The van der Waals surface area contributed by atoms with E-state index >= 15 is 0 Å². The van der Waals surface area contributed by atoms with Crippen molar-refractivity contribution in [2.45, 2.75) is 6.92 Å². The average Bonchev–Trinajstić information content (AvgIpc) is 2.42. The van der Waals surface area contributed by atoms with Gasteiger partial charge in [0.05, 0.1) is 12.2 Å². The molecular formula is C15H13FO3. The summed E-state index contributed by atoms with van der Waals surface area (Å²) < 4.78 is 18.9. The Morgan fingerprint density at radius 2 is 1.89 bits per heavy atom. The van der Waals surface area contributed by atoms with Crippen LogP contribution < -0.4 is 4.74 Å². The van der Waals surface area contributed by atoms with Gasteiger partial charge in [0.15, 0.2) is 17.9 Å². The third-order valence-corrected chi connectivity index (χ3v) is 2.72. The second-order valence-corrected chi connectivity index (χ2v) is 3.97. The van der Waals surface area contributed by atoms with Gasteiger partial charge in [-0.3, -0.25) is 4.79 Å². The lowest BCUT2D eigenvalue weighted by Crippen LogP contribution is -1.94. The van der Waals surface area contributed by atoms with Gasteiger partial charge < -0.3 is 9.84 Å². The molecule has 0 aliphatic rings. The summed E-state index contributed by atoms with van der Waals surface area (Å²) in [5.74, 6) is -0.356. The van der Waals surface area contributed by atoms with Crippen molar-refractivity contribution in [1.29, 1.82) is 0 Å². The molecule has 0 aliphatic carbocycles. The second kappa shape index (κ2) is 5.52. The molecule has 0 saturated heterocycles. The quantitative estimate of drug-likeness (QED) is 0.857. The highest BCUT2D eigenvalue weighted by Crippen LogP contribution is 2.28. The highest BCUT2D eigenvalue weighted by Gasteiger charge is 2.08. The Hall–Kier alpha value is -2.36. The SMILES string of the molecule is CCOc1ccc(-c2ccc(O)c(C=O)c2)cc1F. The van der Waals surface area contributed by atoms with Crippen LogP contribution in [0.2, 0.25) is 0 Å². The summed E-state index contributed by atoms with van der Waals surface area (Å²) >= 11 is 0. The molecule has 98 valence electrons. The van der Waals surface area contributed by atoms with Crippen molar-refractivity contribution < 1.29 is 19.0 Å². The first kappa shape index (κ1) is 13.1. The number of carbonyl (C=O) groups is 1. The van der Waals surface area contributed by atoms with E-state index in [2.05, 4.69) is 0 Å². The smallest absolute Gasteiger partial charge is 0.165 e. The molecule has 0 saturated carbocycles. The van der Waals surface area contributed by atoms with Crippen LogP contribution in [-0.4, -0.2) is 18.0 Å². The number of carbonyl (C=O) groups excluding carboxylic acids is 1. The topological polar surface area (TPSA) is 46.5 Å². The van der Waals surface area contributed by atoms with Crippen molar-refractivity contribution in [3.05, 3.63) is 47.8 Å². The molecule has 3 nitrogen and oxygen atoms in total. The first-order chi connectivity index (χ1) is 9.15. The number of phenols is 1. The predicted octanol–water partition coefficient (Wildman–Crippen LogP) is 3.41. The Bertz CT molecular complexity index is 608. The minimum absolute atomic E-state index is 0.0924. The van der Waals surface area contributed by atoms with Gasteiger partial charge in [0.25, 0.3) is 0 Å². The van der Waals surface area contributed by atoms with E-state index in [1.807, 2.05) is 0 Å². The molecule has 0 amide bonds. The fourth-order valence-electron chi connectivity index (χ4n) is 1.78. The number of aromatic hydroxyl groups is 1. The third kappa shape index (κ3) is 2.73. The van der Waals surface area contributed by atoms with Gasteiger partial charge in [-0.2, -0.15) is 0 Å². The molecule has 0 aliphatic heterocycles. The number of benzene rings is 2. The third-order valence-electron chi connectivity index (χ3n) is 2.72. The fourth-order valence-corrected chi connectivity index (χ4v) is 1.78. The van der Waals surface area contributed by atoms with Gasteiger partial charge in [0.2, 0.25) is 0 Å². The van der Waals surface area contributed by atoms with Gasteiger partial charge in [-0.25, -0.2) is 4.39 Å². The zero-order valence-corrected chi connectivity index (χ0v) is 10.4. The Balaban J connectivity index is 2.42. The molecular weight excluding hydrogens is 247 g/mol. The van der Waals surface area contributed by atoms with Crippen LogP contribution in [0.4, 0.5) is 4.39 Å². The number of rotatable bonds is 4. The Labute approximate surface area is 110 Å². The number of phenolic OH excluding ortho intramolecular Hbond substituents is 1. The highest BCUT2D eigenvalue weighted by molar-refractivity contribution is 5.82. The predicted molar refractivity (Wildman–Crippen MR) is 70.1 cm³/mol. The van der Waals surface area contributed by atoms with Crippen LogP contribution in [0.25, 0.3) is 11.1 Å². The normalized spacial score (nSPS) is 10.2. The zero-order chi connectivity index (χ0) is 13.8. The molecule has 0 atom stereocenters. The standard InChI is InChI=1S/C15H13FO3/c1-2-19-15-6-4-11(8-13(15)16)10-3-5-14(18)12(7-10)9-17/h3-9,18H,2H2,1H3. The van der Waals surface area contributed by atoms with E-state index in [1.54, 1.807) is 25.1 Å². The van der Waals surface area contributed by atoms with Crippen LogP contribution in [-0.2, 0) is 0 Å². The second-order valence-electron chi connectivity index (χ2n) is 3.97. The van der Waals surface area contributed by atoms with E-state index in [9.17, 15) is 14.3 Å². The number of hydrogen-bond acceptors (Lipinski definition) is 3. The summed E-state index contributed by atoms with van der Waals surface area (Å²) in [5, 5.41) is 9.43. The molecule has 19 heavy (non-hydrogen) atoms. The minimum Gasteiger partial charge on any atom is -0.507 e. The number of hydrogen-bond donors (Lipinski definition) is 1. The summed E-state index contributed by atoms with van der Waals surface area (Å²) in [6.45, 7) is 2.18. The maximum absolute atomic E-state index is 13.7. The molecule has 0 bridgehead atoms. The first-order valence-corrected chi connectivity index (χ1v) is 5.86. The molecule has 2 aromatic carbocycles. The molecule has 0 fully saturated rings. The first-order valence-electron chi connectivity index (χ1n) is 5.86. The fraction of sp³-hybridized carbons (Fsp3) is 0.133. The van der Waals surface area contributed by atoms with E-state index in [0.29, 0.717) is 24.0 Å². The van der Waals surface area contributed by atoms with Gasteiger partial charge in [0.1, 0.15) is 5.75 Å². The average molecular weight is 260 g/mol. The van der Waals surface area contributed by atoms with Gasteiger partial charge in [-0.1, -0.05) is 12.1 Å². The van der Waals surface area contributed by atoms with Crippen LogP contribution in [0.15, 0.2) is 36.4 Å². The van der Waals surface area contributed by atoms with Crippen LogP contribution in [0.3, 0.4) is 0 Å². The van der Waals surface area contributed by atoms with E-state index in [4.69, 9.17) is 4.74 Å². The van der Waals surface area contributed by atoms with Crippen molar-refractivity contribution in [2.75, 3.05) is 6.61 Å². The molecule has 0 heterocycles. The summed E-state index contributed by atoms with van der Waals surface area (Å²) in [7, 11) is 0. The van der Waals surface area contributed by atoms with Crippen LogP contribution in [0.1, 0.15) is 17.3 Å². The lowest BCUT2D eigenvalue weighted by Gasteiger charge is -2.08. The molecule has 0 aromatic heterocycles. The summed E-state index contributed by atoms with van der Waals surface area (Å²) in [6, 6.07) is 9.13. The van der Waals surface area contributed by atoms with Gasteiger partial charge in [-0.05, 0) is 42.3 Å². The lowest BCUT2D eigenvalue weighted by molar-refractivity contribution is 0.112. The molecule has 1 N–H and O–H groups in total. The Morgan fingerprint density at radius 3 is 2.53 bits per heavy atom. The van der Waals surface area contributed by atoms with E-state index < -0.39 is 5.82 Å². The van der Waals surface area contributed by atoms with Crippen LogP contribution in [0.5, 0.6) is 11.5 Å². The van der Waals surface area contributed by atoms with Crippen molar-refractivity contribution in [3.8, 4) is 22.6 Å². The molecule has 0 radical (unpaired) electrons. The maximum Gasteiger partial charge on any atom is 0.165 e. The summed E-state index contributed by atoms with van der Waals surface area (Å²) in [6.07, 6.45) is 0.559. The molecule has 4 heteroatoms. The monoisotopic (exact) mass is 260 g/mol. The van der Waals surface area contributed by atoms with Crippen LogP contribution in [0, 0.1) is 5.82 Å². The molecule has 0 spiro atoms. The Morgan fingerprint density at radius 1 is 1.21 bits per heavy atom. The van der Waals surface area contributed by atoms with Gasteiger partial charge >= 0.3 is 0 Å². The molecule has 2 rings (SSSR count). The van der Waals surface area contributed by atoms with Gasteiger partial charge in [0, 0.05) is 0 Å². The van der Waals surface area contributed by atoms with Crippen molar-refractivity contribution in [1.82, 2.24) is 0 Å². The highest BCUT2D eigenvalue weighted by atomic mass is 19.1. The van der Waals surface area contributed by atoms with E-state index in [0.717, 1.165) is 0 Å².